The third-order valence-electron chi connectivity index (χ3n) is 1.40. The van der Waals surface area contributed by atoms with Gasteiger partial charge in [-0.2, -0.15) is 0 Å². The fourth-order valence-electron chi connectivity index (χ4n) is 0.894. The first-order valence-corrected chi connectivity index (χ1v) is 2.57. The van der Waals surface area contributed by atoms with Gasteiger partial charge in [-0.15, -0.1) is 0 Å². The zero-order chi connectivity index (χ0) is 6.43. The maximum atomic E-state index is 10.6. The molecule has 0 amide bonds. The summed E-state index contributed by atoms with van der Waals surface area (Å²) in [6.07, 6.45) is 1.47. The average molecular weight is 121 g/mol. The normalized spacial score (nSPS) is 11.1. The van der Waals surface area contributed by atoms with Crippen LogP contribution in [0, 0.1) is 0 Å². The molecule has 0 fully saturated rings. The van der Waals surface area contributed by atoms with Crippen LogP contribution < -0.4 is 11.1 Å². The monoisotopic (exact) mass is 121 g/mol. The minimum atomic E-state index is -0.178. The van der Waals surface area contributed by atoms with Crippen LogP contribution in [0.25, 0.3) is 5.39 Å². The van der Waals surface area contributed by atoms with Crippen molar-refractivity contribution in [3.8, 4) is 0 Å². The molecule has 0 aliphatic heterocycles. The maximum absolute atomic E-state index is 10.6. The van der Waals surface area contributed by atoms with Gasteiger partial charge in [0.15, 0.2) is 0 Å². The largest absolute Gasteiger partial charge is 0.270 e. The first kappa shape index (κ1) is 4.49. The average Bonchev–Trinajstić information content (AvgIpc) is 1.91. The molecule has 3 nitrogen and oxygen atoms in total. The standard InChI is InChI=1S/C6H3NO2/c8-5-4-2-1-3-7(5)6(4)9/h1-3H. The van der Waals surface area contributed by atoms with Crippen molar-refractivity contribution in [1.82, 2.24) is 4.40 Å². The number of nitrogens with zero attached hydrogens (tertiary/aromatic N) is 1. The molecule has 0 atom stereocenters. The molecular weight excluding hydrogens is 118 g/mol. The second-order valence-electron chi connectivity index (χ2n) is 1.90. The minimum Gasteiger partial charge on any atom is -0.268 e. The molecule has 3 aromatic rings. The van der Waals surface area contributed by atoms with Crippen LogP contribution in [0.3, 0.4) is 0 Å². The van der Waals surface area contributed by atoms with Crippen LogP contribution >= 0.6 is 0 Å². The van der Waals surface area contributed by atoms with E-state index in [0.717, 1.165) is 4.40 Å². The van der Waals surface area contributed by atoms with E-state index in [2.05, 4.69) is 0 Å². The van der Waals surface area contributed by atoms with Crippen molar-refractivity contribution in [2.24, 2.45) is 0 Å². The maximum Gasteiger partial charge on any atom is 0.270 e. The molecule has 0 spiro atoms. The van der Waals surface area contributed by atoms with Gasteiger partial charge in [0.2, 0.25) is 0 Å². The lowest BCUT2D eigenvalue weighted by molar-refractivity contribution is 0.967. The van der Waals surface area contributed by atoms with Gasteiger partial charge < -0.3 is 0 Å². The van der Waals surface area contributed by atoms with E-state index in [1.54, 1.807) is 6.07 Å². The number of pyridine rings is 2. The Morgan fingerprint density at radius 1 is 1.22 bits per heavy atom. The minimum absolute atomic E-state index is 0.178. The predicted molar refractivity (Wildman–Crippen MR) is 32.3 cm³/mol. The van der Waals surface area contributed by atoms with Gasteiger partial charge in [-0.1, -0.05) is 0 Å². The molecule has 0 aliphatic rings. The quantitative estimate of drug-likeness (QED) is 0.473. The van der Waals surface area contributed by atoms with Crippen LogP contribution in [0.15, 0.2) is 27.9 Å². The molecule has 2 bridgehead atoms. The van der Waals surface area contributed by atoms with Crippen molar-refractivity contribution in [2.75, 3.05) is 0 Å². The van der Waals surface area contributed by atoms with Crippen LogP contribution in [0.2, 0.25) is 0 Å². The summed E-state index contributed by atoms with van der Waals surface area (Å²) < 4.78 is 1.09. The number of hydrogen-bond donors (Lipinski definition) is 0. The number of hydrogen-bond acceptors (Lipinski definition) is 2. The van der Waals surface area contributed by atoms with Crippen molar-refractivity contribution in [3.05, 3.63) is 39.0 Å². The Kier molecular flexibility index (Phi) is 0.563. The van der Waals surface area contributed by atoms with Gasteiger partial charge >= 0.3 is 0 Å². The van der Waals surface area contributed by atoms with Crippen molar-refractivity contribution in [2.45, 2.75) is 0 Å². The van der Waals surface area contributed by atoms with Crippen molar-refractivity contribution >= 4 is 5.39 Å². The smallest absolute Gasteiger partial charge is 0.268 e. The number of fused-ring (bicyclic) bond motifs is 2. The molecule has 3 aromatic heterocycles. The highest BCUT2D eigenvalue weighted by molar-refractivity contribution is 5.52. The molecule has 0 N–H and O–H groups in total. The molecule has 3 heteroatoms. The first-order chi connectivity index (χ1) is 4.30. The molecule has 3 rings (SSSR count). The molecule has 0 aromatic carbocycles. The van der Waals surface area contributed by atoms with E-state index >= 15 is 0 Å². The predicted octanol–water partition coefficient (Wildman–Crippen LogP) is -0.465. The summed E-state index contributed by atoms with van der Waals surface area (Å²) in [6, 6.07) is 3.21. The van der Waals surface area contributed by atoms with Crippen LogP contribution in [0.4, 0.5) is 0 Å². The van der Waals surface area contributed by atoms with E-state index in [1.807, 2.05) is 0 Å². The van der Waals surface area contributed by atoms with Crippen LogP contribution in [-0.4, -0.2) is 4.40 Å². The summed E-state index contributed by atoms with van der Waals surface area (Å²) in [5.74, 6) is 0. The van der Waals surface area contributed by atoms with Crippen molar-refractivity contribution in [3.63, 3.8) is 0 Å². The Morgan fingerprint density at radius 2 is 1.89 bits per heavy atom. The number of aromatic nitrogens is 1. The summed E-state index contributed by atoms with van der Waals surface area (Å²) in [5.41, 5.74) is -0.356. The van der Waals surface area contributed by atoms with Gasteiger partial charge in [0.05, 0.1) is 0 Å². The highest BCUT2D eigenvalue weighted by Gasteiger charge is 2.08. The molecule has 0 saturated carbocycles. The molecule has 9 heavy (non-hydrogen) atoms. The third kappa shape index (κ3) is 0.332. The topological polar surface area (TPSA) is 38.5 Å². The highest BCUT2D eigenvalue weighted by Crippen LogP contribution is 1.88. The highest BCUT2D eigenvalue weighted by atomic mass is 16.2. The SMILES string of the molecule is O=c1c2cccn1c2=O. The van der Waals surface area contributed by atoms with Gasteiger partial charge in [-0.25, -0.2) is 4.40 Å². The van der Waals surface area contributed by atoms with E-state index in [0.29, 0.717) is 5.39 Å². The molecular formula is C6H3NO2. The zero-order valence-electron chi connectivity index (χ0n) is 4.50. The summed E-state index contributed by atoms with van der Waals surface area (Å²) in [4.78, 5) is 21.3. The van der Waals surface area contributed by atoms with Crippen LogP contribution in [0.1, 0.15) is 0 Å². The number of rotatable bonds is 0. The molecule has 3 heterocycles. The molecule has 44 valence electrons. The van der Waals surface area contributed by atoms with E-state index in [-0.39, 0.29) is 11.1 Å². The Balaban J connectivity index is 3.25. The van der Waals surface area contributed by atoms with Gasteiger partial charge in [0.1, 0.15) is 5.39 Å². The Labute approximate surface area is 49.9 Å². The molecule has 0 radical (unpaired) electrons. The van der Waals surface area contributed by atoms with Gasteiger partial charge in [0, 0.05) is 6.20 Å². The fraction of sp³-hybridized carbons (Fsp3) is 0. The molecule has 0 unspecified atom stereocenters. The second-order valence-corrected chi connectivity index (χ2v) is 1.90. The Morgan fingerprint density at radius 3 is 2.11 bits per heavy atom. The zero-order valence-corrected chi connectivity index (χ0v) is 4.50. The Bertz CT molecular complexity index is 355. The second kappa shape index (κ2) is 1.13. The van der Waals surface area contributed by atoms with E-state index < -0.39 is 0 Å². The lowest BCUT2D eigenvalue weighted by atomic mass is 10.3. The molecule has 0 aliphatic carbocycles. The van der Waals surface area contributed by atoms with Gasteiger partial charge in [-0.3, -0.25) is 9.59 Å². The van der Waals surface area contributed by atoms with E-state index in [1.165, 1.54) is 12.3 Å². The van der Waals surface area contributed by atoms with E-state index in [9.17, 15) is 9.59 Å². The Hall–Kier alpha value is -1.38. The first-order valence-electron chi connectivity index (χ1n) is 2.57. The van der Waals surface area contributed by atoms with E-state index in [4.69, 9.17) is 0 Å². The fourth-order valence-corrected chi connectivity index (χ4v) is 0.894. The van der Waals surface area contributed by atoms with Crippen molar-refractivity contribution in [1.29, 1.82) is 0 Å². The third-order valence-corrected chi connectivity index (χ3v) is 1.40. The lowest BCUT2D eigenvalue weighted by Gasteiger charge is -1.98. The van der Waals surface area contributed by atoms with Crippen molar-refractivity contribution < 1.29 is 0 Å². The van der Waals surface area contributed by atoms with Gasteiger partial charge in [-0.05, 0) is 12.1 Å². The summed E-state index contributed by atoms with van der Waals surface area (Å²) in [5, 5.41) is 0.303. The molecule has 0 saturated heterocycles. The summed E-state index contributed by atoms with van der Waals surface area (Å²) in [7, 11) is 0. The van der Waals surface area contributed by atoms with Crippen LogP contribution in [-0.2, 0) is 0 Å². The van der Waals surface area contributed by atoms with Gasteiger partial charge in [0.25, 0.3) is 11.1 Å². The summed E-state index contributed by atoms with van der Waals surface area (Å²) in [6.45, 7) is 0. The van der Waals surface area contributed by atoms with Crippen LogP contribution in [0.5, 0.6) is 0 Å². The summed E-state index contributed by atoms with van der Waals surface area (Å²) >= 11 is 0. The lowest BCUT2D eigenvalue weighted by Crippen LogP contribution is -2.37.